The first-order valence-corrected chi connectivity index (χ1v) is 7.37. The molecule has 2 saturated carbocycles. The van der Waals surface area contributed by atoms with E-state index in [1.54, 1.807) is 12.1 Å². The summed E-state index contributed by atoms with van der Waals surface area (Å²) in [5.74, 6) is 2.02. The zero-order valence-corrected chi connectivity index (χ0v) is 12.0. The summed E-state index contributed by atoms with van der Waals surface area (Å²) in [5.41, 5.74) is 0.999. The number of nitrogens with one attached hydrogen (secondary N) is 1. The van der Waals surface area contributed by atoms with Gasteiger partial charge >= 0.3 is 0 Å². The Morgan fingerprint density at radius 3 is 2.58 bits per heavy atom. The molecule has 3 nitrogen and oxygen atoms in total. The minimum absolute atomic E-state index is 0.282. The number of phenolic OH excluding ortho intramolecular Hbond substituents is 1. The SMILES string of the molecule is CN(C(=S)N[C@@H]1C[C@@H]2CC[C@@H]1C2)c1ccc(O)cc1. The van der Waals surface area contributed by atoms with E-state index in [0.29, 0.717) is 6.04 Å². The molecule has 0 aromatic heterocycles. The van der Waals surface area contributed by atoms with Crippen molar-refractivity contribution in [1.82, 2.24) is 5.32 Å². The van der Waals surface area contributed by atoms with Gasteiger partial charge in [0, 0.05) is 18.8 Å². The molecule has 102 valence electrons. The maximum Gasteiger partial charge on any atom is 0.173 e. The summed E-state index contributed by atoms with van der Waals surface area (Å²) in [6, 6.07) is 7.69. The van der Waals surface area contributed by atoms with Crippen LogP contribution >= 0.6 is 12.2 Å². The summed E-state index contributed by atoms with van der Waals surface area (Å²) in [6.45, 7) is 0. The molecule has 0 amide bonds. The van der Waals surface area contributed by atoms with Crippen molar-refractivity contribution in [2.24, 2.45) is 11.8 Å². The molecule has 1 aromatic rings. The van der Waals surface area contributed by atoms with Gasteiger partial charge in [-0.3, -0.25) is 0 Å². The Morgan fingerprint density at radius 2 is 2.00 bits per heavy atom. The van der Waals surface area contributed by atoms with Crippen molar-refractivity contribution in [3.8, 4) is 5.75 Å². The van der Waals surface area contributed by atoms with Crippen LogP contribution in [0.4, 0.5) is 5.69 Å². The number of benzene rings is 1. The molecule has 0 aliphatic heterocycles. The second kappa shape index (κ2) is 5.00. The molecule has 3 rings (SSSR count). The number of hydrogen-bond acceptors (Lipinski definition) is 2. The maximum absolute atomic E-state index is 9.31. The highest BCUT2D eigenvalue weighted by Gasteiger charge is 2.39. The highest BCUT2D eigenvalue weighted by Crippen LogP contribution is 2.44. The lowest BCUT2D eigenvalue weighted by atomic mass is 9.95. The van der Waals surface area contributed by atoms with Crippen molar-refractivity contribution in [2.45, 2.75) is 31.7 Å². The fraction of sp³-hybridized carbons (Fsp3) is 0.533. The van der Waals surface area contributed by atoms with Gasteiger partial charge in [-0.25, -0.2) is 0 Å². The second-order valence-electron chi connectivity index (χ2n) is 5.81. The molecule has 2 bridgehead atoms. The predicted molar refractivity (Wildman–Crippen MR) is 81.5 cm³/mol. The molecular formula is C15H20N2OS. The Labute approximate surface area is 119 Å². The zero-order valence-electron chi connectivity index (χ0n) is 11.2. The number of fused-ring (bicyclic) bond motifs is 2. The minimum atomic E-state index is 0.282. The second-order valence-corrected chi connectivity index (χ2v) is 6.19. The Morgan fingerprint density at radius 1 is 1.26 bits per heavy atom. The summed E-state index contributed by atoms with van der Waals surface area (Å²) >= 11 is 5.50. The van der Waals surface area contributed by atoms with E-state index in [1.807, 2.05) is 24.1 Å². The van der Waals surface area contributed by atoms with Crippen LogP contribution in [-0.4, -0.2) is 23.3 Å². The van der Waals surface area contributed by atoms with Crippen LogP contribution in [0.25, 0.3) is 0 Å². The van der Waals surface area contributed by atoms with Crippen LogP contribution < -0.4 is 10.2 Å². The van der Waals surface area contributed by atoms with Gasteiger partial charge < -0.3 is 15.3 Å². The van der Waals surface area contributed by atoms with Gasteiger partial charge in [-0.05, 0) is 67.6 Å². The average Bonchev–Trinajstić information content (AvgIpc) is 3.01. The number of hydrogen-bond donors (Lipinski definition) is 2. The number of thiocarbonyl (C=S) groups is 1. The van der Waals surface area contributed by atoms with Gasteiger partial charge in [-0.2, -0.15) is 0 Å². The third kappa shape index (κ3) is 2.54. The lowest BCUT2D eigenvalue weighted by molar-refractivity contribution is 0.391. The van der Waals surface area contributed by atoms with Gasteiger partial charge in [0.05, 0.1) is 0 Å². The first-order chi connectivity index (χ1) is 9.13. The predicted octanol–water partition coefficient (Wildman–Crippen LogP) is 2.89. The molecular weight excluding hydrogens is 256 g/mol. The van der Waals surface area contributed by atoms with E-state index in [2.05, 4.69) is 5.32 Å². The molecule has 19 heavy (non-hydrogen) atoms. The van der Waals surface area contributed by atoms with Crippen LogP contribution in [-0.2, 0) is 0 Å². The monoisotopic (exact) mass is 276 g/mol. The first kappa shape index (κ1) is 12.7. The molecule has 0 spiro atoms. The van der Waals surface area contributed by atoms with Crippen molar-refractivity contribution in [3.05, 3.63) is 24.3 Å². The highest BCUT2D eigenvalue weighted by atomic mass is 32.1. The molecule has 4 heteroatoms. The molecule has 0 heterocycles. The van der Waals surface area contributed by atoms with Crippen molar-refractivity contribution in [1.29, 1.82) is 0 Å². The molecule has 2 fully saturated rings. The normalized spacial score (nSPS) is 28.4. The summed E-state index contributed by atoms with van der Waals surface area (Å²) in [6.07, 6.45) is 5.41. The lowest BCUT2D eigenvalue weighted by Gasteiger charge is -2.28. The lowest BCUT2D eigenvalue weighted by Crippen LogP contribution is -2.45. The third-order valence-electron chi connectivity index (χ3n) is 4.59. The third-order valence-corrected chi connectivity index (χ3v) is 4.98. The Balaban J connectivity index is 1.62. The van der Waals surface area contributed by atoms with Crippen molar-refractivity contribution >= 4 is 23.0 Å². The van der Waals surface area contributed by atoms with E-state index in [1.165, 1.54) is 25.7 Å². The topological polar surface area (TPSA) is 35.5 Å². The summed E-state index contributed by atoms with van der Waals surface area (Å²) in [4.78, 5) is 1.97. The van der Waals surface area contributed by atoms with Gasteiger partial charge in [0.15, 0.2) is 5.11 Å². The van der Waals surface area contributed by atoms with Crippen LogP contribution in [0.15, 0.2) is 24.3 Å². The van der Waals surface area contributed by atoms with Crippen LogP contribution in [0, 0.1) is 11.8 Å². The molecule has 0 radical (unpaired) electrons. The van der Waals surface area contributed by atoms with E-state index in [4.69, 9.17) is 12.2 Å². The standard InChI is InChI=1S/C15H20N2OS/c1-17(12-4-6-13(18)7-5-12)15(19)16-14-9-10-2-3-11(14)8-10/h4-7,10-11,14,18H,2-3,8-9H2,1H3,(H,16,19)/t10-,11-,14-/m1/s1. The van der Waals surface area contributed by atoms with Crippen molar-refractivity contribution in [2.75, 3.05) is 11.9 Å². The molecule has 2 aliphatic rings. The van der Waals surface area contributed by atoms with E-state index in [9.17, 15) is 5.11 Å². The number of nitrogens with zero attached hydrogens (tertiary/aromatic N) is 1. The van der Waals surface area contributed by atoms with E-state index in [0.717, 1.165) is 22.6 Å². The molecule has 0 saturated heterocycles. The number of anilines is 1. The fourth-order valence-corrected chi connectivity index (χ4v) is 3.73. The maximum atomic E-state index is 9.31. The quantitative estimate of drug-likeness (QED) is 0.814. The molecule has 1 aromatic carbocycles. The largest absolute Gasteiger partial charge is 0.508 e. The van der Waals surface area contributed by atoms with Gasteiger partial charge in [0.2, 0.25) is 0 Å². The highest BCUT2D eigenvalue weighted by molar-refractivity contribution is 7.80. The molecule has 0 unspecified atom stereocenters. The van der Waals surface area contributed by atoms with Crippen molar-refractivity contribution < 1.29 is 5.11 Å². The van der Waals surface area contributed by atoms with Crippen LogP contribution in [0.5, 0.6) is 5.75 Å². The van der Waals surface area contributed by atoms with Gasteiger partial charge in [0.1, 0.15) is 5.75 Å². The van der Waals surface area contributed by atoms with Gasteiger partial charge in [-0.1, -0.05) is 6.42 Å². The number of rotatable bonds is 2. The van der Waals surface area contributed by atoms with Gasteiger partial charge in [-0.15, -0.1) is 0 Å². The summed E-state index contributed by atoms with van der Waals surface area (Å²) in [7, 11) is 1.97. The number of phenols is 1. The fourth-order valence-electron chi connectivity index (χ4n) is 3.47. The van der Waals surface area contributed by atoms with Crippen LogP contribution in [0.3, 0.4) is 0 Å². The molecule has 2 aliphatic carbocycles. The van der Waals surface area contributed by atoms with Crippen molar-refractivity contribution in [3.63, 3.8) is 0 Å². The zero-order chi connectivity index (χ0) is 13.4. The van der Waals surface area contributed by atoms with E-state index >= 15 is 0 Å². The smallest absolute Gasteiger partial charge is 0.173 e. The Kier molecular flexibility index (Phi) is 3.35. The minimum Gasteiger partial charge on any atom is -0.508 e. The van der Waals surface area contributed by atoms with E-state index in [-0.39, 0.29) is 5.75 Å². The molecule has 2 N–H and O–H groups in total. The molecule has 3 atom stereocenters. The summed E-state index contributed by atoms with van der Waals surface area (Å²) < 4.78 is 0. The Bertz CT molecular complexity index is 474. The Hall–Kier alpha value is -1.29. The number of aromatic hydroxyl groups is 1. The average molecular weight is 276 g/mol. The first-order valence-electron chi connectivity index (χ1n) is 6.97. The van der Waals surface area contributed by atoms with Crippen LogP contribution in [0.2, 0.25) is 0 Å². The van der Waals surface area contributed by atoms with Crippen LogP contribution in [0.1, 0.15) is 25.7 Å². The summed E-state index contributed by atoms with van der Waals surface area (Å²) in [5, 5.41) is 13.6. The van der Waals surface area contributed by atoms with E-state index < -0.39 is 0 Å². The van der Waals surface area contributed by atoms with Gasteiger partial charge in [0.25, 0.3) is 0 Å².